The van der Waals surface area contributed by atoms with Gasteiger partial charge in [-0.05, 0) is 37.5 Å². The Morgan fingerprint density at radius 3 is 2.72 bits per heavy atom. The molecule has 0 unspecified atom stereocenters. The summed E-state index contributed by atoms with van der Waals surface area (Å²) in [4.78, 5) is 22.7. The van der Waals surface area contributed by atoms with E-state index in [0.29, 0.717) is 19.7 Å². The Labute approximate surface area is 147 Å². The van der Waals surface area contributed by atoms with Crippen LogP contribution in [0.4, 0.5) is 0 Å². The van der Waals surface area contributed by atoms with Crippen molar-refractivity contribution in [3.05, 3.63) is 47.5 Å². The third-order valence-corrected chi connectivity index (χ3v) is 5.18. The summed E-state index contributed by atoms with van der Waals surface area (Å²) in [5.41, 5.74) is 1.71. The lowest BCUT2D eigenvalue weighted by Gasteiger charge is -2.34. The highest BCUT2D eigenvalue weighted by atomic mass is 16.5. The Balaban J connectivity index is 1.51. The summed E-state index contributed by atoms with van der Waals surface area (Å²) in [6, 6.07) is 7.88. The van der Waals surface area contributed by atoms with E-state index in [4.69, 9.17) is 9.47 Å². The van der Waals surface area contributed by atoms with Gasteiger partial charge in [-0.25, -0.2) is 4.98 Å². The molecule has 1 aliphatic carbocycles. The van der Waals surface area contributed by atoms with Crippen LogP contribution in [-0.4, -0.2) is 47.6 Å². The number of imidazole rings is 1. The molecule has 0 bridgehead atoms. The average Bonchev–Trinajstić information content (AvgIpc) is 3.36. The van der Waals surface area contributed by atoms with Gasteiger partial charge < -0.3 is 19.4 Å². The van der Waals surface area contributed by atoms with Gasteiger partial charge in [0.15, 0.2) is 0 Å². The first-order valence-electron chi connectivity index (χ1n) is 8.69. The molecule has 4 rings (SSSR count). The van der Waals surface area contributed by atoms with Crippen LogP contribution in [0.5, 0.6) is 5.75 Å². The molecule has 6 heteroatoms. The summed E-state index contributed by atoms with van der Waals surface area (Å²) in [5.74, 6) is 1.81. The molecule has 0 radical (unpaired) electrons. The van der Waals surface area contributed by atoms with Crippen LogP contribution in [-0.2, 0) is 14.9 Å². The molecule has 1 atom stereocenters. The van der Waals surface area contributed by atoms with Crippen LogP contribution >= 0.6 is 0 Å². The minimum absolute atomic E-state index is 0.182. The van der Waals surface area contributed by atoms with Gasteiger partial charge in [-0.3, -0.25) is 4.79 Å². The molecule has 2 aliphatic rings. The number of carbonyl (C=O) groups excluding carboxylic acids is 1. The first-order chi connectivity index (χ1) is 12.1. The number of hydrogen-bond donors (Lipinski definition) is 1. The lowest BCUT2D eigenvalue weighted by Crippen LogP contribution is -2.47. The predicted octanol–water partition coefficient (Wildman–Crippen LogP) is 2.36. The van der Waals surface area contributed by atoms with E-state index in [0.717, 1.165) is 35.7 Å². The van der Waals surface area contributed by atoms with Crippen molar-refractivity contribution in [2.24, 2.45) is 0 Å². The second-order valence-electron chi connectivity index (χ2n) is 6.87. The fourth-order valence-corrected chi connectivity index (χ4v) is 3.56. The van der Waals surface area contributed by atoms with E-state index in [-0.39, 0.29) is 17.4 Å². The van der Waals surface area contributed by atoms with E-state index in [1.54, 1.807) is 13.3 Å². The molecule has 2 heterocycles. The van der Waals surface area contributed by atoms with Crippen LogP contribution in [0.15, 0.2) is 30.5 Å². The Morgan fingerprint density at radius 1 is 1.36 bits per heavy atom. The number of morpholine rings is 1. The Morgan fingerprint density at radius 2 is 2.12 bits per heavy atom. The van der Waals surface area contributed by atoms with Gasteiger partial charge in [0.1, 0.15) is 17.7 Å². The molecule has 2 aromatic rings. The number of ether oxygens (including phenoxy) is 2. The number of benzene rings is 1. The molecule has 0 spiro atoms. The van der Waals surface area contributed by atoms with E-state index >= 15 is 0 Å². The van der Waals surface area contributed by atoms with Gasteiger partial charge in [-0.1, -0.05) is 12.1 Å². The van der Waals surface area contributed by atoms with E-state index in [9.17, 15) is 4.79 Å². The molecular weight excluding hydrogens is 318 g/mol. The van der Waals surface area contributed by atoms with Crippen molar-refractivity contribution in [1.29, 1.82) is 0 Å². The lowest BCUT2D eigenvalue weighted by molar-refractivity contribution is -0.142. The van der Waals surface area contributed by atoms with E-state index in [1.165, 1.54) is 0 Å². The monoisotopic (exact) mass is 341 g/mol. The summed E-state index contributed by atoms with van der Waals surface area (Å²) in [7, 11) is 1.65. The third kappa shape index (κ3) is 2.91. The van der Waals surface area contributed by atoms with Crippen LogP contribution < -0.4 is 4.74 Å². The quantitative estimate of drug-likeness (QED) is 0.927. The molecule has 1 aromatic carbocycles. The number of nitrogens with one attached hydrogen (secondary N) is 1. The lowest BCUT2D eigenvalue weighted by atomic mass is 9.94. The molecule has 1 aromatic heterocycles. The molecule has 1 aliphatic heterocycles. The van der Waals surface area contributed by atoms with E-state index in [1.807, 2.05) is 36.1 Å². The number of rotatable bonds is 4. The number of nitrogens with zero attached hydrogens (tertiary/aromatic N) is 2. The van der Waals surface area contributed by atoms with Gasteiger partial charge >= 0.3 is 0 Å². The van der Waals surface area contributed by atoms with E-state index < -0.39 is 0 Å². The first-order valence-corrected chi connectivity index (χ1v) is 8.69. The normalized spacial score (nSPS) is 21.8. The first kappa shape index (κ1) is 16.1. The number of aromatic nitrogens is 2. The maximum atomic E-state index is 13.2. The summed E-state index contributed by atoms with van der Waals surface area (Å²) in [5, 5.41) is 0. The summed E-state index contributed by atoms with van der Waals surface area (Å²) in [6.45, 7) is 3.68. The molecular formula is C19H23N3O3. The van der Waals surface area contributed by atoms with E-state index in [2.05, 4.69) is 9.97 Å². The van der Waals surface area contributed by atoms with Gasteiger partial charge in [-0.15, -0.1) is 0 Å². The smallest absolute Gasteiger partial charge is 0.233 e. The van der Waals surface area contributed by atoms with Crippen LogP contribution in [0.3, 0.4) is 0 Å². The summed E-state index contributed by atoms with van der Waals surface area (Å²) >= 11 is 0. The molecule has 1 amide bonds. The van der Waals surface area contributed by atoms with Gasteiger partial charge in [0.2, 0.25) is 5.91 Å². The van der Waals surface area contributed by atoms with Crippen molar-refractivity contribution in [3.63, 3.8) is 0 Å². The van der Waals surface area contributed by atoms with Crippen LogP contribution in [0.2, 0.25) is 0 Å². The van der Waals surface area contributed by atoms with Crippen molar-refractivity contribution in [2.45, 2.75) is 31.3 Å². The number of amides is 1. The fourth-order valence-electron chi connectivity index (χ4n) is 3.56. The standard InChI is InChI=1S/C19H23N3O3/c1-13-11-20-17(21-13)16-12-22(9-10-25-16)18(23)19(7-8-19)14-3-5-15(24-2)6-4-14/h3-6,11,16H,7-10,12H2,1-2H3,(H,20,21)/t16-/m1/s1. The minimum Gasteiger partial charge on any atom is -0.497 e. The molecule has 1 saturated heterocycles. The molecule has 6 nitrogen and oxygen atoms in total. The maximum Gasteiger partial charge on any atom is 0.233 e. The second-order valence-corrected chi connectivity index (χ2v) is 6.87. The molecule has 132 valence electrons. The number of H-pyrrole nitrogens is 1. The Kier molecular flexibility index (Phi) is 4.00. The fraction of sp³-hybridized carbons (Fsp3) is 0.474. The predicted molar refractivity (Wildman–Crippen MR) is 92.5 cm³/mol. The number of aryl methyl sites for hydroxylation is 1. The van der Waals surface area contributed by atoms with Gasteiger partial charge in [-0.2, -0.15) is 0 Å². The molecule has 25 heavy (non-hydrogen) atoms. The number of aromatic amines is 1. The van der Waals surface area contributed by atoms with Crippen LogP contribution in [0.25, 0.3) is 0 Å². The van der Waals surface area contributed by atoms with Gasteiger partial charge in [0.25, 0.3) is 0 Å². The van der Waals surface area contributed by atoms with Crippen molar-refractivity contribution >= 4 is 5.91 Å². The highest BCUT2D eigenvalue weighted by Crippen LogP contribution is 2.50. The number of methoxy groups -OCH3 is 1. The van der Waals surface area contributed by atoms with Crippen LogP contribution in [0.1, 0.15) is 36.0 Å². The minimum atomic E-state index is -0.368. The Bertz CT molecular complexity index is 764. The Hall–Kier alpha value is -2.34. The highest BCUT2D eigenvalue weighted by Gasteiger charge is 2.53. The van der Waals surface area contributed by atoms with Crippen molar-refractivity contribution in [1.82, 2.24) is 14.9 Å². The zero-order chi connectivity index (χ0) is 17.4. The van der Waals surface area contributed by atoms with Gasteiger partial charge in [0, 0.05) is 18.4 Å². The highest BCUT2D eigenvalue weighted by molar-refractivity contribution is 5.91. The molecule has 1 saturated carbocycles. The SMILES string of the molecule is COc1ccc(C2(C(=O)N3CCO[C@@H](c4ncc(C)[nH]4)C3)CC2)cc1. The summed E-state index contributed by atoms with van der Waals surface area (Å²) < 4.78 is 11.0. The summed E-state index contributed by atoms with van der Waals surface area (Å²) in [6.07, 6.45) is 3.41. The molecule has 1 N–H and O–H groups in total. The van der Waals surface area contributed by atoms with Crippen molar-refractivity contribution in [3.8, 4) is 5.75 Å². The second kappa shape index (κ2) is 6.19. The third-order valence-electron chi connectivity index (χ3n) is 5.18. The average molecular weight is 341 g/mol. The maximum absolute atomic E-state index is 13.2. The zero-order valence-electron chi connectivity index (χ0n) is 14.6. The van der Waals surface area contributed by atoms with Crippen LogP contribution in [0, 0.1) is 6.92 Å². The van der Waals surface area contributed by atoms with Gasteiger partial charge in [0.05, 0.1) is 25.7 Å². The zero-order valence-corrected chi connectivity index (χ0v) is 14.6. The molecule has 2 fully saturated rings. The topological polar surface area (TPSA) is 67.4 Å². The number of hydrogen-bond acceptors (Lipinski definition) is 4. The largest absolute Gasteiger partial charge is 0.497 e. The van der Waals surface area contributed by atoms with Crippen molar-refractivity contribution < 1.29 is 14.3 Å². The number of carbonyl (C=O) groups is 1. The van der Waals surface area contributed by atoms with Crippen molar-refractivity contribution in [2.75, 3.05) is 26.8 Å².